The maximum absolute atomic E-state index is 12.2. The number of nitrogens with one attached hydrogen (secondary N) is 1. The number of carbonyl (C=O) groups excluding carboxylic acids is 2. The van der Waals surface area contributed by atoms with Gasteiger partial charge in [0, 0.05) is 12.6 Å². The highest BCUT2D eigenvalue weighted by atomic mass is 16.3. The Morgan fingerprint density at radius 3 is 2.45 bits per heavy atom. The summed E-state index contributed by atoms with van der Waals surface area (Å²) in [6, 6.07) is -0.407. The molecule has 1 atom stereocenters. The summed E-state index contributed by atoms with van der Waals surface area (Å²) in [7, 11) is 0. The van der Waals surface area contributed by atoms with E-state index in [0.717, 1.165) is 51.4 Å². The van der Waals surface area contributed by atoms with Gasteiger partial charge in [0.05, 0.1) is 0 Å². The minimum absolute atomic E-state index is 0.0583. The number of unbranched alkanes of at least 4 members (excludes halogenated alkanes) is 2. The first kappa shape index (κ1) is 17.0. The molecule has 20 heavy (non-hydrogen) atoms. The fraction of sp³-hybridized carbons (Fsp3) is 0.867. The Morgan fingerprint density at radius 2 is 1.90 bits per heavy atom. The van der Waals surface area contributed by atoms with E-state index in [2.05, 4.69) is 12.2 Å². The number of hydrogen-bond donors (Lipinski definition) is 2. The highest BCUT2D eigenvalue weighted by molar-refractivity contribution is 5.96. The van der Waals surface area contributed by atoms with Crippen LogP contribution in [-0.4, -0.2) is 40.6 Å². The van der Waals surface area contributed by atoms with E-state index in [1.165, 1.54) is 11.8 Å². The normalized spacial score (nSPS) is 17.6. The zero-order valence-corrected chi connectivity index (χ0v) is 12.7. The average Bonchev–Trinajstić information content (AvgIpc) is 2.45. The monoisotopic (exact) mass is 284 g/mol. The van der Waals surface area contributed by atoms with Crippen molar-refractivity contribution in [2.45, 2.75) is 77.4 Å². The van der Waals surface area contributed by atoms with E-state index < -0.39 is 12.0 Å². The lowest BCUT2D eigenvalue weighted by Crippen LogP contribution is -2.53. The van der Waals surface area contributed by atoms with Crippen LogP contribution >= 0.6 is 0 Å². The molecule has 1 aliphatic rings. The van der Waals surface area contributed by atoms with Crippen molar-refractivity contribution >= 4 is 11.9 Å². The quantitative estimate of drug-likeness (QED) is 0.736. The molecule has 1 aliphatic carbocycles. The van der Waals surface area contributed by atoms with E-state index in [4.69, 9.17) is 0 Å². The Balaban J connectivity index is 2.61. The van der Waals surface area contributed by atoms with Crippen LogP contribution in [0.15, 0.2) is 0 Å². The Hall–Kier alpha value is -1.10. The van der Waals surface area contributed by atoms with Crippen LogP contribution in [0, 0.1) is 0 Å². The van der Waals surface area contributed by atoms with E-state index in [1.807, 2.05) is 0 Å². The van der Waals surface area contributed by atoms with E-state index in [9.17, 15) is 14.7 Å². The summed E-state index contributed by atoms with van der Waals surface area (Å²) in [4.78, 5) is 25.6. The fourth-order valence-corrected chi connectivity index (χ4v) is 2.64. The van der Waals surface area contributed by atoms with Crippen LogP contribution in [0.3, 0.4) is 0 Å². The van der Waals surface area contributed by atoms with Gasteiger partial charge in [-0.2, -0.15) is 0 Å². The molecule has 0 aromatic rings. The topological polar surface area (TPSA) is 69.6 Å². The molecule has 116 valence electrons. The number of hydrogen-bond acceptors (Lipinski definition) is 3. The summed E-state index contributed by atoms with van der Waals surface area (Å²) in [5.41, 5.74) is 0. The maximum atomic E-state index is 12.2. The van der Waals surface area contributed by atoms with Gasteiger partial charge in [0.2, 0.25) is 0 Å². The predicted octanol–water partition coefficient (Wildman–Crippen LogP) is 2.43. The molecule has 5 nitrogen and oxygen atoms in total. The van der Waals surface area contributed by atoms with Gasteiger partial charge in [-0.25, -0.2) is 4.79 Å². The number of rotatable bonds is 6. The van der Waals surface area contributed by atoms with Gasteiger partial charge in [0.1, 0.15) is 6.10 Å². The SMILES string of the molecule is CCCCCNC(=O)N(C(=O)C(C)O)C1CCCCC1. The highest BCUT2D eigenvalue weighted by Crippen LogP contribution is 2.23. The minimum atomic E-state index is -1.13. The summed E-state index contributed by atoms with van der Waals surface area (Å²) in [5.74, 6) is -0.482. The molecule has 5 heteroatoms. The number of aliphatic hydroxyl groups is 1. The Bertz CT molecular complexity index is 312. The lowest BCUT2D eigenvalue weighted by Gasteiger charge is -2.33. The van der Waals surface area contributed by atoms with Crippen LogP contribution < -0.4 is 5.32 Å². The first-order chi connectivity index (χ1) is 9.57. The molecule has 0 spiro atoms. The third-order valence-electron chi connectivity index (χ3n) is 3.81. The molecule has 1 unspecified atom stereocenters. The largest absolute Gasteiger partial charge is 0.384 e. The van der Waals surface area contributed by atoms with Gasteiger partial charge in [0.15, 0.2) is 0 Å². The van der Waals surface area contributed by atoms with E-state index in [0.29, 0.717) is 6.54 Å². The second-order valence-corrected chi connectivity index (χ2v) is 5.62. The van der Waals surface area contributed by atoms with Crippen LogP contribution in [0.1, 0.15) is 65.2 Å². The van der Waals surface area contributed by atoms with E-state index >= 15 is 0 Å². The fourth-order valence-electron chi connectivity index (χ4n) is 2.64. The number of nitrogens with zero attached hydrogens (tertiary/aromatic N) is 1. The lowest BCUT2D eigenvalue weighted by molar-refractivity contribution is -0.138. The third-order valence-corrected chi connectivity index (χ3v) is 3.81. The van der Waals surface area contributed by atoms with Crippen molar-refractivity contribution in [2.24, 2.45) is 0 Å². The second kappa shape index (κ2) is 8.95. The Morgan fingerprint density at radius 1 is 1.25 bits per heavy atom. The number of urea groups is 1. The molecule has 1 fully saturated rings. The van der Waals surface area contributed by atoms with Gasteiger partial charge in [-0.1, -0.05) is 39.0 Å². The van der Waals surface area contributed by atoms with Gasteiger partial charge in [-0.15, -0.1) is 0 Å². The van der Waals surface area contributed by atoms with Crippen molar-refractivity contribution in [3.05, 3.63) is 0 Å². The van der Waals surface area contributed by atoms with Crippen LogP contribution in [-0.2, 0) is 4.79 Å². The molecule has 0 aromatic heterocycles. The van der Waals surface area contributed by atoms with Crippen LogP contribution in [0.4, 0.5) is 4.79 Å². The number of carbonyl (C=O) groups is 2. The van der Waals surface area contributed by atoms with Gasteiger partial charge in [-0.3, -0.25) is 9.69 Å². The molecule has 2 N–H and O–H groups in total. The molecule has 0 aliphatic heterocycles. The van der Waals surface area contributed by atoms with Gasteiger partial charge < -0.3 is 10.4 Å². The van der Waals surface area contributed by atoms with E-state index in [-0.39, 0.29) is 12.1 Å². The third kappa shape index (κ3) is 5.12. The van der Waals surface area contributed by atoms with Crippen molar-refractivity contribution in [3.8, 4) is 0 Å². The standard InChI is InChI=1S/C15H28N2O3/c1-3-4-8-11-16-15(20)17(14(19)12(2)18)13-9-6-5-7-10-13/h12-13,18H,3-11H2,1-2H3,(H,16,20). The van der Waals surface area contributed by atoms with Crippen LogP contribution in [0.2, 0.25) is 0 Å². The molecule has 0 saturated heterocycles. The Kier molecular flexibility index (Phi) is 7.59. The van der Waals surface area contributed by atoms with Gasteiger partial charge >= 0.3 is 6.03 Å². The van der Waals surface area contributed by atoms with Crippen molar-refractivity contribution in [1.82, 2.24) is 10.2 Å². The van der Waals surface area contributed by atoms with E-state index in [1.54, 1.807) is 0 Å². The molecule has 1 saturated carbocycles. The van der Waals surface area contributed by atoms with Crippen molar-refractivity contribution in [1.29, 1.82) is 0 Å². The van der Waals surface area contributed by atoms with Crippen molar-refractivity contribution in [2.75, 3.05) is 6.54 Å². The zero-order chi connectivity index (χ0) is 15.0. The average molecular weight is 284 g/mol. The predicted molar refractivity (Wildman–Crippen MR) is 78.3 cm³/mol. The molecule has 0 heterocycles. The lowest BCUT2D eigenvalue weighted by atomic mass is 9.94. The molecule has 0 aromatic carbocycles. The van der Waals surface area contributed by atoms with Gasteiger partial charge in [-0.05, 0) is 26.2 Å². The summed E-state index contributed by atoms with van der Waals surface area (Å²) in [6.07, 6.45) is 6.88. The second-order valence-electron chi connectivity index (χ2n) is 5.62. The summed E-state index contributed by atoms with van der Waals surface area (Å²) >= 11 is 0. The molecule has 3 amide bonds. The smallest absolute Gasteiger partial charge is 0.324 e. The minimum Gasteiger partial charge on any atom is -0.384 e. The zero-order valence-electron chi connectivity index (χ0n) is 12.7. The number of imide groups is 1. The first-order valence-corrected chi connectivity index (χ1v) is 7.87. The number of aliphatic hydroxyl groups excluding tert-OH is 1. The van der Waals surface area contributed by atoms with Crippen molar-refractivity contribution < 1.29 is 14.7 Å². The maximum Gasteiger partial charge on any atom is 0.324 e. The Labute approximate surface area is 121 Å². The number of amides is 3. The molecular formula is C15H28N2O3. The summed E-state index contributed by atoms with van der Waals surface area (Å²) in [5, 5.41) is 12.3. The molecular weight excluding hydrogens is 256 g/mol. The molecule has 0 bridgehead atoms. The molecule has 0 radical (unpaired) electrons. The van der Waals surface area contributed by atoms with Gasteiger partial charge in [0.25, 0.3) is 5.91 Å². The summed E-state index contributed by atoms with van der Waals surface area (Å²) < 4.78 is 0. The van der Waals surface area contributed by atoms with Crippen LogP contribution in [0.25, 0.3) is 0 Å². The highest BCUT2D eigenvalue weighted by Gasteiger charge is 2.32. The molecule has 1 rings (SSSR count). The first-order valence-electron chi connectivity index (χ1n) is 7.87. The summed E-state index contributed by atoms with van der Waals surface area (Å²) in [6.45, 7) is 4.11. The van der Waals surface area contributed by atoms with Crippen LogP contribution in [0.5, 0.6) is 0 Å². The van der Waals surface area contributed by atoms with Crippen molar-refractivity contribution in [3.63, 3.8) is 0 Å².